The molecule has 9 heteroatoms. The van der Waals surface area contributed by atoms with Crippen molar-refractivity contribution >= 4 is 15.9 Å². The van der Waals surface area contributed by atoms with Crippen molar-refractivity contribution in [2.45, 2.75) is 62.9 Å². The molecule has 1 atom stereocenters. The van der Waals surface area contributed by atoms with Crippen LogP contribution >= 0.6 is 0 Å². The summed E-state index contributed by atoms with van der Waals surface area (Å²) in [6, 6.07) is 5.27. The SMILES string of the molecule is Cc1nonc1CN(C)S(=O)(=O)c1ccc2c(c1)CC(NC(=O)C1CCCC1)C2. The molecule has 4 rings (SSSR count). The Kier molecular flexibility index (Phi) is 5.44. The third-order valence-corrected chi connectivity index (χ3v) is 7.81. The second-order valence-electron chi connectivity index (χ2n) is 8.08. The first-order valence-electron chi connectivity index (χ1n) is 10.0. The summed E-state index contributed by atoms with van der Waals surface area (Å²) in [4.78, 5) is 12.7. The smallest absolute Gasteiger partial charge is 0.243 e. The molecule has 8 nitrogen and oxygen atoms in total. The third-order valence-electron chi connectivity index (χ3n) is 6.01. The van der Waals surface area contributed by atoms with Gasteiger partial charge in [-0.25, -0.2) is 13.0 Å². The summed E-state index contributed by atoms with van der Waals surface area (Å²) in [7, 11) is -2.16. The first-order chi connectivity index (χ1) is 13.8. The number of rotatable bonds is 6. The van der Waals surface area contributed by atoms with Crippen LogP contribution in [0.3, 0.4) is 0 Å². The van der Waals surface area contributed by atoms with E-state index in [1.807, 2.05) is 6.07 Å². The van der Waals surface area contributed by atoms with Gasteiger partial charge in [-0.15, -0.1) is 0 Å². The summed E-state index contributed by atoms with van der Waals surface area (Å²) in [6.07, 6.45) is 5.60. The van der Waals surface area contributed by atoms with Gasteiger partial charge in [-0.05, 0) is 55.9 Å². The van der Waals surface area contributed by atoms with E-state index in [1.165, 1.54) is 11.4 Å². The number of hydrogen-bond donors (Lipinski definition) is 1. The van der Waals surface area contributed by atoms with Gasteiger partial charge in [0.2, 0.25) is 15.9 Å². The molecule has 1 saturated carbocycles. The Balaban J connectivity index is 1.45. The molecule has 0 spiro atoms. The van der Waals surface area contributed by atoms with Crippen molar-refractivity contribution in [1.29, 1.82) is 0 Å². The van der Waals surface area contributed by atoms with Gasteiger partial charge in [-0.3, -0.25) is 4.79 Å². The summed E-state index contributed by atoms with van der Waals surface area (Å²) < 4.78 is 31.9. The Hall–Kier alpha value is -2.26. The van der Waals surface area contributed by atoms with E-state index in [9.17, 15) is 13.2 Å². The number of nitrogens with zero attached hydrogens (tertiary/aromatic N) is 3. The van der Waals surface area contributed by atoms with Crippen LogP contribution in [0.2, 0.25) is 0 Å². The minimum atomic E-state index is -3.67. The van der Waals surface area contributed by atoms with Gasteiger partial charge in [0.1, 0.15) is 11.4 Å². The van der Waals surface area contributed by atoms with Gasteiger partial charge in [-0.1, -0.05) is 29.2 Å². The first-order valence-corrected chi connectivity index (χ1v) is 11.4. The van der Waals surface area contributed by atoms with Gasteiger partial charge in [0, 0.05) is 19.0 Å². The zero-order chi connectivity index (χ0) is 20.6. The number of aryl methyl sites for hydroxylation is 1. The maximum absolute atomic E-state index is 13.0. The molecule has 156 valence electrons. The molecule has 1 amide bonds. The largest absolute Gasteiger partial charge is 0.352 e. The van der Waals surface area contributed by atoms with E-state index in [0.717, 1.165) is 43.2 Å². The molecule has 2 aromatic rings. The minimum Gasteiger partial charge on any atom is -0.352 e. The van der Waals surface area contributed by atoms with E-state index in [0.29, 0.717) is 17.8 Å². The van der Waals surface area contributed by atoms with Gasteiger partial charge in [-0.2, -0.15) is 4.31 Å². The number of benzene rings is 1. The van der Waals surface area contributed by atoms with Crippen molar-refractivity contribution in [3.63, 3.8) is 0 Å². The second-order valence-corrected chi connectivity index (χ2v) is 10.1. The van der Waals surface area contributed by atoms with E-state index in [2.05, 4.69) is 20.3 Å². The molecule has 0 aliphatic heterocycles. The fourth-order valence-electron chi connectivity index (χ4n) is 4.23. The van der Waals surface area contributed by atoms with Crippen LogP contribution in [0.4, 0.5) is 0 Å². The van der Waals surface area contributed by atoms with Crippen LogP contribution < -0.4 is 5.32 Å². The molecule has 29 heavy (non-hydrogen) atoms. The van der Waals surface area contributed by atoms with Gasteiger partial charge >= 0.3 is 0 Å². The number of carbonyl (C=O) groups excluding carboxylic acids is 1. The molecule has 1 aromatic heterocycles. The zero-order valence-electron chi connectivity index (χ0n) is 16.7. The molecule has 2 aliphatic carbocycles. The molecule has 1 aromatic carbocycles. The van der Waals surface area contributed by atoms with Gasteiger partial charge in [0.25, 0.3) is 0 Å². The molecule has 2 aliphatic rings. The van der Waals surface area contributed by atoms with Gasteiger partial charge in [0.15, 0.2) is 0 Å². The predicted octanol–water partition coefficient (Wildman–Crippen LogP) is 1.97. The van der Waals surface area contributed by atoms with E-state index >= 15 is 0 Å². The highest BCUT2D eigenvalue weighted by molar-refractivity contribution is 7.89. The Morgan fingerprint density at radius 3 is 2.62 bits per heavy atom. The lowest BCUT2D eigenvalue weighted by atomic mass is 10.1. The summed E-state index contributed by atoms with van der Waals surface area (Å²) in [5, 5.41) is 10.6. The fraction of sp³-hybridized carbons (Fsp3) is 0.550. The lowest BCUT2D eigenvalue weighted by Gasteiger charge is -2.16. The molecule has 1 fully saturated rings. The lowest BCUT2D eigenvalue weighted by molar-refractivity contribution is -0.125. The third kappa shape index (κ3) is 4.06. The van der Waals surface area contributed by atoms with Crippen molar-refractivity contribution in [3.8, 4) is 0 Å². The first kappa shape index (κ1) is 20.0. The van der Waals surface area contributed by atoms with Crippen LogP contribution in [0.15, 0.2) is 27.7 Å². The number of nitrogens with one attached hydrogen (secondary N) is 1. The van der Waals surface area contributed by atoms with Crippen LogP contribution in [0.25, 0.3) is 0 Å². The normalized spacial score (nSPS) is 19.6. The molecular formula is C20H26N4O4S. The Labute approximate surface area is 170 Å². The topological polar surface area (TPSA) is 105 Å². The lowest BCUT2D eigenvalue weighted by Crippen LogP contribution is -2.38. The van der Waals surface area contributed by atoms with Crippen molar-refractivity contribution in [3.05, 3.63) is 40.7 Å². The molecule has 0 radical (unpaired) electrons. The highest BCUT2D eigenvalue weighted by Crippen LogP contribution is 2.29. The number of sulfonamides is 1. The van der Waals surface area contributed by atoms with Crippen molar-refractivity contribution in [2.75, 3.05) is 7.05 Å². The molecule has 1 heterocycles. The summed E-state index contributed by atoms with van der Waals surface area (Å²) >= 11 is 0. The standard InChI is InChI=1S/C20H26N4O4S/c1-13-19(23-28-22-13)12-24(2)29(26,27)18-8-7-15-9-17(10-16(15)11-18)21-20(25)14-5-3-4-6-14/h7-8,11,14,17H,3-6,9-10,12H2,1-2H3,(H,21,25). The van der Waals surface area contributed by atoms with Crippen LogP contribution in [0.5, 0.6) is 0 Å². The van der Waals surface area contributed by atoms with Crippen molar-refractivity contribution in [1.82, 2.24) is 19.9 Å². The number of fused-ring (bicyclic) bond motifs is 1. The molecule has 1 N–H and O–H groups in total. The number of amides is 1. The van der Waals surface area contributed by atoms with Crippen LogP contribution in [-0.4, -0.2) is 42.0 Å². The fourth-order valence-corrected chi connectivity index (χ4v) is 5.42. The van der Waals surface area contributed by atoms with E-state index in [-0.39, 0.29) is 29.3 Å². The van der Waals surface area contributed by atoms with E-state index in [1.54, 1.807) is 19.1 Å². The monoisotopic (exact) mass is 418 g/mol. The Morgan fingerprint density at radius 2 is 1.93 bits per heavy atom. The second kappa shape index (κ2) is 7.87. The molecule has 0 saturated heterocycles. The maximum Gasteiger partial charge on any atom is 0.243 e. The zero-order valence-corrected chi connectivity index (χ0v) is 17.5. The number of carbonyl (C=O) groups is 1. The average molecular weight is 419 g/mol. The van der Waals surface area contributed by atoms with E-state index < -0.39 is 10.0 Å². The van der Waals surface area contributed by atoms with Crippen LogP contribution in [0.1, 0.15) is 48.2 Å². The summed E-state index contributed by atoms with van der Waals surface area (Å²) in [6.45, 7) is 1.82. The summed E-state index contributed by atoms with van der Waals surface area (Å²) in [5.74, 6) is 0.280. The molecule has 0 bridgehead atoms. The predicted molar refractivity (Wildman–Crippen MR) is 105 cm³/mol. The van der Waals surface area contributed by atoms with Crippen molar-refractivity contribution < 1.29 is 17.8 Å². The Bertz CT molecular complexity index is 1010. The number of aromatic nitrogens is 2. The average Bonchev–Trinajstić information content (AvgIpc) is 3.42. The highest BCUT2D eigenvalue weighted by atomic mass is 32.2. The molecular weight excluding hydrogens is 392 g/mol. The van der Waals surface area contributed by atoms with Gasteiger partial charge in [0.05, 0.1) is 11.4 Å². The Morgan fingerprint density at radius 1 is 1.21 bits per heavy atom. The summed E-state index contributed by atoms with van der Waals surface area (Å²) in [5.41, 5.74) is 3.14. The maximum atomic E-state index is 13.0. The van der Waals surface area contributed by atoms with Gasteiger partial charge < -0.3 is 5.32 Å². The van der Waals surface area contributed by atoms with Crippen molar-refractivity contribution in [2.24, 2.45) is 5.92 Å². The molecule has 1 unspecified atom stereocenters. The quantitative estimate of drug-likeness (QED) is 0.769. The van der Waals surface area contributed by atoms with E-state index in [4.69, 9.17) is 0 Å². The highest BCUT2D eigenvalue weighted by Gasteiger charge is 2.30. The number of hydrogen-bond acceptors (Lipinski definition) is 6. The van der Waals surface area contributed by atoms with Crippen LogP contribution in [0, 0.1) is 12.8 Å². The van der Waals surface area contributed by atoms with Crippen LogP contribution in [-0.2, 0) is 34.2 Å². The minimum absolute atomic E-state index is 0.0395.